The number of amides is 2. The molecule has 5 nitrogen and oxygen atoms in total. The Kier molecular flexibility index (Phi) is 5.36. The van der Waals surface area contributed by atoms with E-state index in [0.717, 1.165) is 0 Å². The van der Waals surface area contributed by atoms with Crippen molar-refractivity contribution in [2.45, 2.75) is 20.3 Å². The molecule has 19 heavy (non-hydrogen) atoms. The Bertz CT molecular complexity index is 441. The second-order valence-corrected chi connectivity index (χ2v) is 4.97. The van der Waals surface area contributed by atoms with Gasteiger partial charge in [0.25, 0.3) is 0 Å². The lowest BCUT2D eigenvalue weighted by Crippen LogP contribution is -2.34. The molecule has 0 unspecified atom stereocenters. The quantitative estimate of drug-likeness (QED) is 0.858. The molecule has 0 atom stereocenters. The smallest absolute Gasteiger partial charge is 0.321 e. The molecule has 1 aromatic carbocycles. The number of aliphatic carboxylic acids is 1. The largest absolute Gasteiger partial charge is 0.481 e. The Morgan fingerprint density at radius 3 is 2.32 bits per heavy atom. The van der Waals surface area contributed by atoms with Gasteiger partial charge in [0.05, 0.1) is 6.42 Å². The number of carboxylic acid groups (broad SMARTS) is 1. The van der Waals surface area contributed by atoms with Gasteiger partial charge in [0, 0.05) is 19.3 Å². The van der Waals surface area contributed by atoms with Crippen molar-refractivity contribution in [2.24, 2.45) is 5.92 Å². The third-order valence-corrected chi connectivity index (χ3v) is 2.55. The summed E-state index contributed by atoms with van der Waals surface area (Å²) in [4.78, 5) is 24.0. The minimum Gasteiger partial charge on any atom is -0.481 e. The summed E-state index contributed by atoms with van der Waals surface area (Å²) in [6.45, 7) is 4.78. The lowest BCUT2D eigenvalue weighted by atomic mass is 10.1. The van der Waals surface area contributed by atoms with Crippen LogP contribution in [0.3, 0.4) is 0 Å². The zero-order valence-electron chi connectivity index (χ0n) is 11.5. The van der Waals surface area contributed by atoms with E-state index < -0.39 is 5.97 Å². The van der Waals surface area contributed by atoms with E-state index in [-0.39, 0.29) is 12.5 Å². The molecular formula is C14H20N2O3. The van der Waals surface area contributed by atoms with Crippen LogP contribution in [0, 0.1) is 5.92 Å². The van der Waals surface area contributed by atoms with Crippen molar-refractivity contribution in [2.75, 3.05) is 18.9 Å². The molecule has 5 heteroatoms. The fourth-order valence-electron chi connectivity index (χ4n) is 1.73. The van der Waals surface area contributed by atoms with Crippen LogP contribution >= 0.6 is 0 Å². The molecule has 0 saturated heterocycles. The number of carbonyl (C=O) groups excluding carboxylic acids is 1. The van der Waals surface area contributed by atoms with Crippen LogP contribution < -0.4 is 5.32 Å². The number of nitrogens with one attached hydrogen (secondary N) is 1. The maximum atomic E-state index is 11.8. The summed E-state index contributed by atoms with van der Waals surface area (Å²) >= 11 is 0. The third-order valence-electron chi connectivity index (χ3n) is 2.55. The lowest BCUT2D eigenvalue weighted by Gasteiger charge is -2.20. The van der Waals surface area contributed by atoms with Gasteiger partial charge in [-0.05, 0) is 23.6 Å². The van der Waals surface area contributed by atoms with Crippen LogP contribution in [0.5, 0.6) is 0 Å². The highest BCUT2D eigenvalue weighted by atomic mass is 16.4. The highest BCUT2D eigenvalue weighted by molar-refractivity contribution is 5.89. The Balaban J connectivity index is 2.57. The zero-order chi connectivity index (χ0) is 14.4. The maximum Gasteiger partial charge on any atom is 0.321 e. The average molecular weight is 264 g/mol. The van der Waals surface area contributed by atoms with E-state index in [1.54, 1.807) is 36.2 Å². The third kappa shape index (κ3) is 5.42. The number of nitrogens with zero attached hydrogens (tertiary/aromatic N) is 1. The zero-order valence-corrected chi connectivity index (χ0v) is 11.5. The Morgan fingerprint density at radius 2 is 1.84 bits per heavy atom. The van der Waals surface area contributed by atoms with Crippen LogP contribution in [-0.4, -0.2) is 35.6 Å². The first-order chi connectivity index (χ1) is 8.88. The Labute approximate surface area is 113 Å². The van der Waals surface area contributed by atoms with Crippen molar-refractivity contribution >= 4 is 17.7 Å². The van der Waals surface area contributed by atoms with Gasteiger partial charge in [-0.1, -0.05) is 26.0 Å². The molecule has 0 aliphatic rings. The molecular weight excluding hydrogens is 244 g/mol. The number of benzene rings is 1. The predicted octanol–water partition coefficient (Wildman–Crippen LogP) is 2.43. The number of hydrogen-bond donors (Lipinski definition) is 2. The van der Waals surface area contributed by atoms with Gasteiger partial charge in [-0.3, -0.25) is 4.79 Å². The number of carboxylic acids is 1. The Hall–Kier alpha value is -2.04. The SMILES string of the molecule is CC(C)CN(C)C(=O)Nc1ccc(CC(=O)O)cc1. The van der Waals surface area contributed by atoms with Crippen LogP contribution in [0.1, 0.15) is 19.4 Å². The number of anilines is 1. The van der Waals surface area contributed by atoms with Crippen LogP contribution in [0.2, 0.25) is 0 Å². The van der Waals surface area contributed by atoms with Gasteiger partial charge < -0.3 is 15.3 Å². The van der Waals surface area contributed by atoms with Gasteiger partial charge in [-0.2, -0.15) is 0 Å². The van der Waals surface area contributed by atoms with Gasteiger partial charge in [0.15, 0.2) is 0 Å². The van der Waals surface area contributed by atoms with E-state index in [1.807, 2.05) is 13.8 Å². The van der Waals surface area contributed by atoms with Crippen molar-refractivity contribution in [1.82, 2.24) is 4.90 Å². The van der Waals surface area contributed by atoms with Crippen molar-refractivity contribution in [3.8, 4) is 0 Å². The van der Waals surface area contributed by atoms with Crippen LogP contribution in [0.4, 0.5) is 10.5 Å². The molecule has 2 N–H and O–H groups in total. The maximum absolute atomic E-state index is 11.8. The van der Waals surface area contributed by atoms with E-state index in [1.165, 1.54) is 0 Å². The molecule has 1 rings (SSSR count). The molecule has 0 bridgehead atoms. The summed E-state index contributed by atoms with van der Waals surface area (Å²) < 4.78 is 0. The second kappa shape index (κ2) is 6.78. The molecule has 1 aromatic rings. The van der Waals surface area contributed by atoms with Gasteiger partial charge in [-0.15, -0.1) is 0 Å². The number of rotatable bonds is 5. The molecule has 2 amide bonds. The van der Waals surface area contributed by atoms with Crippen molar-refractivity contribution in [3.05, 3.63) is 29.8 Å². The summed E-state index contributed by atoms with van der Waals surface area (Å²) in [5.74, 6) is -0.456. The standard InChI is InChI=1S/C14H20N2O3/c1-10(2)9-16(3)14(19)15-12-6-4-11(5-7-12)8-13(17)18/h4-7,10H,8-9H2,1-3H3,(H,15,19)(H,17,18). The summed E-state index contributed by atoms with van der Waals surface area (Å²) in [5, 5.41) is 11.4. The first kappa shape index (κ1) is 15.0. The highest BCUT2D eigenvalue weighted by Crippen LogP contribution is 2.11. The van der Waals surface area contributed by atoms with Crippen LogP contribution in [0.25, 0.3) is 0 Å². The predicted molar refractivity (Wildman–Crippen MR) is 74.3 cm³/mol. The van der Waals surface area contributed by atoms with Gasteiger partial charge in [0.1, 0.15) is 0 Å². The monoisotopic (exact) mass is 264 g/mol. The van der Waals surface area contributed by atoms with E-state index in [2.05, 4.69) is 5.32 Å². The van der Waals surface area contributed by atoms with Crippen molar-refractivity contribution < 1.29 is 14.7 Å². The van der Waals surface area contributed by atoms with E-state index in [0.29, 0.717) is 23.7 Å². The fraction of sp³-hybridized carbons (Fsp3) is 0.429. The topological polar surface area (TPSA) is 69.6 Å². The van der Waals surface area contributed by atoms with Crippen molar-refractivity contribution in [3.63, 3.8) is 0 Å². The molecule has 104 valence electrons. The second-order valence-electron chi connectivity index (χ2n) is 4.97. The fourth-order valence-corrected chi connectivity index (χ4v) is 1.73. The first-order valence-corrected chi connectivity index (χ1v) is 6.21. The summed E-state index contributed by atoms with van der Waals surface area (Å²) in [7, 11) is 1.74. The van der Waals surface area contributed by atoms with E-state index in [9.17, 15) is 9.59 Å². The molecule has 0 aliphatic heterocycles. The molecule has 0 heterocycles. The first-order valence-electron chi connectivity index (χ1n) is 6.21. The number of carbonyl (C=O) groups is 2. The molecule has 0 radical (unpaired) electrons. The Morgan fingerprint density at radius 1 is 1.26 bits per heavy atom. The number of urea groups is 1. The molecule has 0 aliphatic carbocycles. The minimum atomic E-state index is -0.867. The summed E-state index contributed by atoms with van der Waals surface area (Å²) in [6.07, 6.45) is -0.0124. The molecule has 0 spiro atoms. The normalized spacial score (nSPS) is 10.3. The summed E-state index contributed by atoms with van der Waals surface area (Å²) in [5.41, 5.74) is 1.37. The minimum absolute atomic E-state index is 0.0124. The van der Waals surface area contributed by atoms with Gasteiger partial charge >= 0.3 is 12.0 Å². The molecule has 0 saturated carbocycles. The van der Waals surface area contributed by atoms with Gasteiger partial charge in [0.2, 0.25) is 0 Å². The summed E-state index contributed by atoms with van der Waals surface area (Å²) in [6, 6.07) is 6.65. The number of hydrogen-bond acceptors (Lipinski definition) is 2. The van der Waals surface area contributed by atoms with E-state index >= 15 is 0 Å². The molecule has 0 fully saturated rings. The molecule has 0 aromatic heterocycles. The van der Waals surface area contributed by atoms with Crippen molar-refractivity contribution in [1.29, 1.82) is 0 Å². The average Bonchev–Trinajstić information content (AvgIpc) is 2.30. The lowest BCUT2D eigenvalue weighted by molar-refractivity contribution is -0.136. The van der Waals surface area contributed by atoms with Gasteiger partial charge in [-0.25, -0.2) is 4.79 Å². The highest BCUT2D eigenvalue weighted by Gasteiger charge is 2.10. The van der Waals surface area contributed by atoms with Crippen LogP contribution in [0.15, 0.2) is 24.3 Å². The van der Waals surface area contributed by atoms with Crippen LogP contribution in [-0.2, 0) is 11.2 Å². The van der Waals surface area contributed by atoms with E-state index in [4.69, 9.17) is 5.11 Å².